The molecule has 0 bridgehead atoms. The Morgan fingerprint density at radius 3 is 2.55 bits per heavy atom. The maximum atomic E-state index is 13.2. The Morgan fingerprint density at radius 1 is 1.00 bits per heavy atom. The fraction of sp³-hybridized carbons (Fsp3) is 0.840. The summed E-state index contributed by atoms with van der Waals surface area (Å²) in [5.41, 5.74) is -0.920. The predicted molar refractivity (Wildman–Crippen MR) is 111 cm³/mol. The van der Waals surface area contributed by atoms with Crippen molar-refractivity contribution in [3.63, 3.8) is 0 Å². The molecule has 0 heterocycles. The molecular formula is C25H34F3NO2. The average molecular weight is 438 g/mol. The second-order valence-corrected chi connectivity index (χ2v) is 10.9. The van der Waals surface area contributed by atoms with Crippen LogP contribution in [0, 0.1) is 46.8 Å². The fourth-order valence-corrected chi connectivity index (χ4v) is 8.62. The molecule has 0 aliphatic heterocycles. The molecule has 6 heteroatoms. The number of amides is 1. The van der Waals surface area contributed by atoms with Crippen LogP contribution in [0.25, 0.3) is 0 Å². The third-order valence-corrected chi connectivity index (χ3v) is 9.70. The molecule has 5 aliphatic carbocycles. The number of nitrogens with one attached hydrogen (secondary N) is 1. The standard InChI is InChI=1S/C25H34F3NO2/c26-25(27,28)14-29-23(31)24-12-3-6-21(30)22(24)20-10-9-17-16-5-2-1-4-15(16)7-8-18(17)19(20)11-13-24/h2,5,15-20,22H,1,3-4,6-14H2,(H,29,31). The number of hydrogen-bond donors (Lipinski definition) is 1. The van der Waals surface area contributed by atoms with Gasteiger partial charge >= 0.3 is 6.18 Å². The van der Waals surface area contributed by atoms with E-state index in [9.17, 15) is 22.8 Å². The number of alkyl halides is 3. The largest absolute Gasteiger partial charge is 0.405 e. The van der Waals surface area contributed by atoms with Crippen LogP contribution >= 0.6 is 0 Å². The molecule has 8 atom stereocenters. The Labute approximate surface area is 182 Å². The molecule has 0 radical (unpaired) electrons. The third-order valence-electron chi connectivity index (χ3n) is 9.70. The SMILES string of the molecule is O=C1CCCC2(C(=O)NCC(F)(F)F)CCC3C4CCC5CCC=CC5C4CCC3C12. The molecule has 172 valence electrons. The second-order valence-electron chi connectivity index (χ2n) is 10.9. The summed E-state index contributed by atoms with van der Waals surface area (Å²) < 4.78 is 38.4. The number of allylic oxidation sites excluding steroid dienone is 2. The number of ketones is 1. The molecule has 4 fully saturated rings. The van der Waals surface area contributed by atoms with E-state index in [2.05, 4.69) is 17.5 Å². The minimum atomic E-state index is -4.43. The Kier molecular flexibility index (Phi) is 5.49. The second kappa shape index (κ2) is 7.91. The summed E-state index contributed by atoms with van der Waals surface area (Å²) >= 11 is 0. The lowest BCUT2D eigenvalue weighted by atomic mass is 9.45. The van der Waals surface area contributed by atoms with E-state index in [0.717, 1.165) is 25.2 Å². The van der Waals surface area contributed by atoms with Crippen LogP contribution in [-0.2, 0) is 9.59 Å². The Morgan fingerprint density at radius 2 is 1.74 bits per heavy atom. The van der Waals surface area contributed by atoms with Crippen LogP contribution < -0.4 is 5.32 Å². The lowest BCUT2D eigenvalue weighted by Gasteiger charge is -2.59. The van der Waals surface area contributed by atoms with Crippen molar-refractivity contribution in [2.24, 2.45) is 46.8 Å². The highest BCUT2D eigenvalue weighted by atomic mass is 19.4. The molecule has 0 aromatic heterocycles. The maximum absolute atomic E-state index is 13.2. The molecule has 3 nitrogen and oxygen atoms in total. The number of Topliss-reactive ketones (excluding diaryl/α,β-unsaturated/α-hetero) is 1. The number of carbonyl (C=O) groups excluding carboxylic acids is 2. The minimum absolute atomic E-state index is 0.132. The topological polar surface area (TPSA) is 46.2 Å². The number of halogens is 3. The number of hydrogen-bond acceptors (Lipinski definition) is 2. The van der Waals surface area contributed by atoms with Gasteiger partial charge in [0.2, 0.25) is 5.91 Å². The summed E-state index contributed by atoms with van der Waals surface area (Å²) in [5, 5.41) is 2.17. The molecular weight excluding hydrogens is 403 g/mol. The van der Waals surface area contributed by atoms with E-state index in [1.54, 1.807) is 0 Å². The van der Waals surface area contributed by atoms with E-state index >= 15 is 0 Å². The van der Waals surface area contributed by atoms with Crippen LogP contribution in [0.1, 0.15) is 70.6 Å². The van der Waals surface area contributed by atoms with Gasteiger partial charge in [0.05, 0.1) is 5.41 Å². The van der Waals surface area contributed by atoms with Crippen LogP contribution in [-0.4, -0.2) is 24.4 Å². The first-order valence-electron chi connectivity index (χ1n) is 12.3. The van der Waals surface area contributed by atoms with Crippen molar-refractivity contribution in [2.75, 3.05) is 6.54 Å². The van der Waals surface area contributed by atoms with E-state index in [4.69, 9.17) is 0 Å². The fourth-order valence-electron chi connectivity index (χ4n) is 8.62. The van der Waals surface area contributed by atoms with Gasteiger partial charge in [-0.1, -0.05) is 12.2 Å². The number of rotatable bonds is 2. The lowest BCUT2D eigenvalue weighted by molar-refractivity contribution is -0.166. The number of carbonyl (C=O) groups is 2. The molecule has 0 spiro atoms. The average Bonchev–Trinajstić information content (AvgIpc) is 2.76. The zero-order valence-electron chi connectivity index (χ0n) is 18.1. The van der Waals surface area contributed by atoms with E-state index in [-0.39, 0.29) is 17.6 Å². The molecule has 31 heavy (non-hydrogen) atoms. The Bertz CT molecular complexity index is 762. The Hall–Kier alpha value is -1.33. The van der Waals surface area contributed by atoms with Crippen LogP contribution in [0.4, 0.5) is 13.2 Å². The quantitative estimate of drug-likeness (QED) is 0.584. The van der Waals surface area contributed by atoms with Gasteiger partial charge in [0, 0.05) is 12.3 Å². The predicted octanol–water partition coefficient (Wildman–Crippen LogP) is 5.45. The Balaban J connectivity index is 1.40. The normalized spacial score (nSPS) is 44.5. The van der Waals surface area contributed by atoms with Gasteiger partial charge in [0.1, 0.15) is 12.3 Å². The zero-order valence-corrected chi connectivity index (χ0v) is 18.1. The van der Waals surface area contributed by atoms with Crippen molar-refractivity contribution < 1.29 is 22.8 Å². The summed E-state index contributed by atoms with van der Waals surface area (Å²) in [5.74, 6) is 2.60. The van der Waals surface area contributed by atoms with Gasteiger partial charge in [-0.15, -0.1) is 0 Å². The van der Waals surface area contributed by atoms with Crippen molar-refractivity contribution >= 4 is 11.7 Å². The van der Waals surface area contributed by atoms with Gasteiger partial charge < -0.3 is 5.32 Å². The summed E-state index contributed by atoms with van der Waals surface area (Å²) in [4.78, 5) is 26.3. The highest BCUT2D eigenvalue weighted by Crippen LogP contribution is 2.62. The van der Waals surface area contributed by atoms with Crippen molar-refractivity contribution in [1.29, 1.82) is 0 Å². The van der Waals surface area contributed by atoms with Crippen LogP contribution in [0.3, 0.4) is 0 Å². The van der Waals surface area contributed by atoms with Gasteiger partial charge in [-0.05, 0) is 99.7 Å². The lowest BCUT2D eigenvalue weighted by Crippen LogP contribution is -2.60. The molecule has 1 amide bonds. The molecule has 5 aliphatic rings. The molecule has 0 aromatic carbocycles. The van der Waals surface area contributed by atoms with Gasteiger partial charge in [0.25, 0.3) is 0 Å². The van der Waals surface area contributed by atoms with E-state index in [0.29, 0.717) is 49.4 Å². The highest BCUT2D eigenvalue weighted by molar-refractivity contribution is 5.93. The van der Waals surface area contributed by atoms with Gasteiger partial charge in [-0.2, -0.15) is 13.2 Å². The van der Waals surface area contributed by atoms with Crippen molar-refractivity contribution in [2.45, 2.75) is 76.8 Å². The summed E-state index contributed by atoms with van der Waals surface area (Å²) in [7, 11) is 0. The molecule has 4 saturated carbocycles. The molecule has 1 N–H and O–H groups in total. The number of fused-ring (bicyclic) bond motifs is 7. The maximum Gasteiger partial charge on any atom is 0.405 e. The van der Waals surface area contributed by atoms with E-state index in [1.807, 2.05) is 0 Å². The van der Waals surface area contributed by atoms with Gasteiger partial charge in [-0.3, -0.25) is 9.59 Å². The molecule has 0 saturated heterocycles. The highest BCUT2D eigenvalue weighted by Gasteiger charge is 2.61. The first kappa shape index (κ1) is 21.5. The van der Waals surface area contributed by atoms with Gasteiger partial charge in [0.15, 0.2) is 0 Å². The van der Waals surface area contributed by atoms with Crippen LogP contribution in [0.15, 0.2) is 12.2 Å². The van der Waals surface area contributed by atoms with E-state index < -0.39 is 24.0 Å². The minimum Gasteiger partial charge on any atom is -0.346 e. The van der Waals surface area contributed by atoms with Gasteiger partial charge in [-0.25, -0.2) is 0 Å². The third kappa shape index (κ3) is 3.66. The van der Waals surface area contributed by atoms with Crippen molar-refractivity contribution in [3.05, 3.63) is 12.2 Å². The van der Waals surface area contributed by atoms with E-state index in [1.165, 1.54) is 25.7 Å². The molecule has 8 unspecified atom stereocenters. The van der Waals surface area contributed by atoms with Crippen LogP contribution in [0.2, 0.25) is 0 Å². The molecule has 0 aromatic rings. The van der Waals surface area contributed by atoms with Crippen molar-refractivity contribution in [1.82, 2.24) is 5.32 Å². The summed E-state index contributed by atoms with van der Waals surface area (Å²) in [6.07, 6.45) is 10.5. The van der Waals surface area contributed by atoms with Crippen molar-refractivity contribution in [3.8, 4) is 0 Å². The zero-order chi connectivity index (χ0) is 21.8. The molecule has 5 rings (SSSR count). The first-order chi connectivity index (χ1) is 14.8. The first-order valence-corrected chi connectivity index (χ1v) is 12.3. The smallest absolute Gasteiger partial charge is 0.346 e. The summed E-state index contributed by atoms with van der Waals surface area (Å²) in [6, 6.07) is 0. The van der Waals surface area contributed by atoms with Crippen LogP contribution in [0.5, 0.6) is 0 Å². The monoisotopic (exact) mass is 437 g/mol. The summed E-state index contributed by atoms with van der Waals surface area (Å²) in [6.45, 7) is -1.30.